The van der Waals surface area contributed by atoms with Crippen molar-refractivity contribution in [1.82, 2.24) is 20.1 Å². The lowest BCUT2D eigenvalue weighted by Gasteiger charge is -2.26. The quantitative estimate of drug-likeness (QED) is 0.368. The second kappa shape index (κ2) is 7.73. The minimum absolute atomic E-state index is 0.190. The Labute approximate surface area is 181 Å². The number of fused-ring (bicyclic) bond motifs is 2. The van der Waals surface area contributed by atoms with Gasteiger partial charge in [-0.2, -0.15) is 5.10 Å². The van der Waals surface area contributed by atoms with E-state index in [2.05, 4.69) is 25.8 Å². The largest absolute Gasteiger partial charge is 0.397 e. The summed E-state index contributed by atoms with van der Waals surface area (Å²) in [5.41, 5.74) is 9.42. The van der Waals surface area contributed by atoms with Gasteiger partial charge in [0, 0.05) is 28.9 Å². The number of amides is 3. The number of rotatable bonds is 3. The van der Waals surface area contributed by atoms with E-state index >= 15 is 0 Å². The summed E-state index contributed by atoms with van der Waals surface area (Å²) < 4.78 is 0. The minimum Gasteiger partial charge on any atom is -0.397 e. The molecule has 1 aliphatic heterocycles. The maximum absolute atomic E-state index is 12.8. The highest BCUT2D eigenvalue weighted by atomic mass is 32.1. The van der Waals surface area contributed by atoms with Gasteiger partial charge in [0.1, 0.15) is 0 Å². The number of anilines is 3. The molecule has 156 valence electrons. The predicted octanol–water partition coefficient (Wildman–Crippen LogP) is 3.44. The number of para-hydroxylation sites is 2. The number of hydrogen-bond acceptors (Lipinski definition) is 6. The first-order chi connectivity index (χ1) is 15.1. The van der Waals surface area contributed by atoms with E-state index in [4.69, 9.17) is 5.73 Å². The van der Waals surface area contributed by atoms with E-state index in [1.807, 2.05) is 18.2 Å². The molecule has 0 saturated carbocycles. The molecule has 0 radical (unpaired) electrons. The number of carbonyl (C=O) groups excluding carboxylic acids is 2. The molecule has 0 bridgehead atoms. The topological polar surface area (TPSA) is 129 Å². The summed E-state index contributed by atoms with van der Waals surface area (Å²) >= 11 is 1.30. The fourth-order valence-electron chi connectivity index (χ4n) is 3.48. The highest BCUT2D eigenvalue weighted by molar-refractivity contribution is 7.13. The van der Waals surface area contributed by atoms with Crippen molar-refractivity contribution in [3.63, 3.8) is 0 Å². The van der Waals surface area contributed by atoms with E-state index in [-0.39, 0.29) is 11.9 Å². The van der Waals surface area contributed by atoms with Crippen LogP contribution in [0.3, 0.4) is 0 Å². The minimum atomic E-state index is -0.304. The second-order valence-corrected chi connectivity index (χ2v) is 8.29. The highest BCUT2D eigenvalue weighted by Crippen LogP contribution is 2.27. The predicted molar refractivity (Wildman–Crippen MR) is 120 cm³/mol. The first kappa shape index (κ1) is 19.1. The standard InChI is InChI=1S/C21H19N7O2S/c22-14-3-1-2-4-16(14)25-19(29)20-26-17-7-8-28(11-18(17)31-20)21(30)24-13-5-6-15-12(9-13)10-23-27-15/h1-6,9-10H,7-8,11,22H2,(H,23,27)(H,24,30)(H,25,29). The Balaban J connectivity index is 1.27. The van der Waals surface area contributed by atoms with Gasteiger partial charge < -0.3 is 21.3 Å². The number of nitrogens with zero attached hydrogens (tertiary/aromatic N) is 3. The second-order valence-electron chi connectivity index (χ2n) is 7.20. The lowest BCUT2D eigenvalue weighted by molar-refractivity contribution is 0.102. The van der Waals surface area contributed by atoms with Crippen LogP contribution >= 0.6 is 11.3 Å². The van der Waals surface area contributed by atoms with Crippen molar-refractivity contribution in [3.8, 4) is 0 Å². The Morgan fingerprint density at radius 3 is 2.90 bits per heavy atom. The number of benzene rings is 2. The van der Waals surface area contributed by atoms with Gasteiger partial charge in [0.15, 0.2) is 5.01 Å². The SMILES string of the molecule is Nc1ccccc1NC(=O)c1nc2c(s1)CN(C(=O)Nc1ccc3[nH]ncc3c1)CC2. The van der Waals surface area contributed by atoms with E-state index in [1.54, 1.807) is 35.4 Å². The van der Waals surface area contributed by atoms with Crippen molar-refractivity contribution in [1.29, 1.82) is 0 Å². The van der Waals surface area contributed by atoms with Crippen LogP contribution in [-0.4, -0.2) is 38.6 Å². The number of nitrogens with one attached hydrogen (secondary N) is 3. The lowest BCUT2D eigenvalue weighted by Crippen LogP contribution is -2.38. The van der Waals surface area contributed by atoms with E-state index < -0.39 is 0 Å². The van der Waals surface area contributed by atoms with Gasteiger partial charge in [-0.15, -0.1) is 11.3 Å². The van der Waals surface area contributed by atoms with Gasteiger partial charge in [0.2, 0.25) is 0 Å². The van der Waals surface area contributed by atoms with E-state index in [1.165, 1.54) is 11.3 Å². The van der Waals surface area contributed by atoms with Crippen LogP contribution < -0.4 is 16.4 Å². The summed E-state index contributed by atoms with van der Waals surface area (Å²) in [6.07, 6.45) is 2.31. The van der Waals surface area contributed by atoms with Crippen molar-refractivity contribution in [3.05, 3.63) is 64.2 Å². The third-order valence-electron chi connectivity index (χ3n) is 5.11. The normalized spacial score (nSPS) is 13.1. The monoisotopic (exact) mass is 433 g/mol. The Kier molecular flexibility index (Phi) is 4.75. The summed E-state index contributed by atoms with van der Waals surface area (Å²) in [4.78, 5) is 32.5. The van der Waals surface area contributed by atoms with Gasteiger partial charge in [-0.1, -0.05) is 12.1 Å². The van der Waals surface area contributed by atoms with Crippen molar-refractivity contribution >= 4 is 51.2 Å². The zero-order chi connectivity index (χ0) is 21.4. The molecule has 31 heavy (non-hydrogen) atoms. The number of carbonyl (C=O) groups is 2. The average Bonchev–Trinajstić information content (AvgIpc) is 3.41. The Hall–Kier alpha value is -3.92. The van der Waals surface area contributed by atoms with Crippen LogP contribution in [0.5, 0.6) is 0 Å². The maximum atomic E-state index is 12.8. The van der Waals surface area contributed by atoms with Gasteiger partial charge in [0.05, 0.1) is 35.3 Å². The molecule has 5 N–H and O–H groups in total. The van der Waals surface area contributed by atoms with E-state index in [0.29, 0.717) is 41.6 Å². The number of nitrogen functional groups attached to an aromatic ring is 1. The molecule has 1 aliphatic rings. The highest BCUT2D eigenvalue weighted by Gasteiger charge is 2.26. The van der Waals surface area contributed by atoms with Crippen LogP contribution in [0.4, 0.5) is 21.9 Å². The zero-order valence-corrected chi connectivity index (χ0v) is 17.2. The van der Waals surface area contributed by atoms with Crippen LogP contribution in [0.1, 0.15) is 20.4 Å². The molecule has 2 aromatic heterocycles. The molecule has 3 amide bonds. The van der Waals surface area contributed by atoms with Gasteiger partial charge in [-0.25, -0.2) is 9.78 Å². The zero-order valence-electron chi connectivity index (χ0n) is 16.4. The molecule has 0 unspecified atom stereocenters. The summed E-state index contributed by atoms with van der Waals surface area (Å²) in [6.45, 7) is 0.941. The number of hydrogen-bond donors (Lipinski definition) is 4. The third kappa shape index (κ3) is 3.80. The van der Waals surface area contributed by atoms with E-state index in [9.17, 15) is 9.59 Å². The van der Waals surface area contributed by atoms with Crippen molar-refractivity contribution in [2.75, 3.05) is 22.9 Å². The molecule has 4 aromatic rings. The summed E-state index contributed by atoms with van der Waals surface area (Å²) in [7, 11) is 0. The number of urea groups is 1. The van der Waals surface area contributed by atoms with Gasteiger partial charge in [0.25, 0.3) is 5.91 Å². The first-order valence-electron chi connectivity index (χ1n) is 9.70. The Morgan fingerprint density at radius 2 is 2.03 bits per heavy atom. The van der Waals surface area contributed by atoms with Crippen molar-refractivity contribution in [2.24, 2.45) is 0 Å². The number of thiazole rings is 1. The molecule has 0 saturated heterocycles. The molecule has 0 spiro atoms. The van der Waals surface area contributed by atoms with Crippen LogP contribution in [0.2, 0.25) is 0 Å². The van der Waals surface area contributed by atoms with E-state index in [0.717, 1.165) is 21.5 Å². The van der Waals surface area contributed by atoms with Crippen molar-refractivity contribution in [2.45, 2.75) is 13.0 Å². The molecular formula is C21H19N7O2S. The molecule has 0 atom stereocenters. The molecule has 2 aromatic carbocycles. The molecular weight excluding hydrogens is 414 g/mol. The smallest absolute Gasteiger partial charge is 0.322 e. The first-order valence-corrected chi connectivity index (χ1v) is 10.5. The molecule has 5 rings (SSSR count). The summed E-state index contributed by atoms with van der Waals surface area (Å²) in [6, 6.07) is 12.5. The number of aromatic nitrogens is 3. The maximum Gasteiger partial charge on any atom is 0.322 e. The Bertz CT molecular complexity index is 1300. The molecule has 0 aliphatic carbocycles. The molecule has 10 heteroatoms. The van der Waals surface area contributed by atoms with Crippen LogP contribution in [0.15, 0.2) is 48.7 Å². The lowest BCUT2D eigenvalue weighted by atomic mass is 10.2. The molecule has 0 fully saturated rings. The van der Waals surface area contributed by atoms with Gasteiger partial charge in [-0.05, 0) is 30.3 Å². The average molecular weight is 433 g/mol. The number of H-pyrrole nitrogens is 1. The third-order valence-corrected chi connectivity index (χ3v) is 6.19. The molecule has 3 heterocycles. The number of aromatic amines is 1. The van der Waals surface area contributed by atoms with Crippen LogP contribution in [0.25, 0.3) is 10.9 Å². The Morgan fingerprint density at radius 1 is 1.16 bits per heavy atom. The van der Waals surface area contributed by atoms with Gasteiger partial charge in [-0.3, -0.25) is 9.89 Å². The van der Waals surface area contributed by atoms with Gasteiger partial charge >= 0.3 is 6.03 Å². The summed E-state index contributed by atoms with van der Waals surface area (Å²) in [5.74, 6) is -0.304. The van der Waals surface area contributed by atoms with Crippen LogP contribution in [-0.2, 0) is 13.0 Å². The fraction of sp³-hybridized carbons (Fsp3) is 0.143. The summed E-state index contributed by atoms with van der Waals surface area (Å²) in [5, 5.41) is 13.9. The fourth-order valence-corrected chi connectivity index (χ4v) is 4.49. The molecule has 9 nitrogen and oxygen atoms in total. The van der Waals surface area contributed by atoms with Crippen LogP contribution in [0, 0.1) is 0 Å². The van der Waals surface area contributed by atoms with Crippen molar-refractivity contribution < 1.29 is 9.59 Å². The number of nitrogens with two attached hydrogens (primary N) is 1.